The van der Waals surface area contributed by atoms with Crippen LogP contribution >= 0.6 is 11.3 Å². The van der Waals surface area contributed by atoms with E-state index in [1.165, 1.54) is 11.3 Å². The van der Waals surface area contributed by atoms with Crippen LogP contribution in [0.15, 0.2) is 60.8 Å². The fraction of sp³-hybridized carbons (Fsp3) is 0.143. The number of anilines is 1. The Morgan fingerprint density at radius 1 is 1.07 bits per heavy atom. The van der Waals surface area contributed by atoms with E-state index in [9.17, 15) is 4.79 Å². The first kappa shape index (κ1) is 16.8. The van der Waals surface area contributed by atoms with Crippen molar-refractivity contribution in [1.82, 2.24) is 9.55 Å². The summed E-state index contributed by atoms with van der Waals surface area (Å²) in [7, 11) is 0. The highest BCUT2D eigenvalue weighted by molar-refractivity contribution is 7.22. The van der Waals surface area contributed by atoms with Crippen molar-refractivity contribution in [3.05, 3.63) is 72.1 Å². The van der Waals surface area contributed by atoms with Gasteiger partial charge in [0, 0.05) is 24.9 Å². The second-order valence-electron chi connectivity index (χ2n) is 6.44. The zero-order chi connectivity index (χ0) is 18.9. The summed E-state index contributed by atoms with van der Waals surface area (Å²) in [6.07, 6.45) is 1.91. The molecule has 1 aliphatic rings. The highest BCUT2D eigenvalue weighted by Gasteiger charge is 2.17. The molecule has 0 atom stereocenters. The number of fused-ring (bicyclic) bond motifs is 2. The van der Waals surface area contributed by atoms with Gasteiger partial charge < -0.3 is 14.0 Å². The number of nitrogens with zero attached hydrogens (tertiary/aromatic N) is 2. The molecule has 0 bridgehead atoms. The molecule has 1 aliphatic heterocycles. The van der Waals surface area contributed by atoms with E-state index in [-0.39, 0.29) is 5.91 Å². The lowest BCUT2D eigenvalue weighted by molar-refractivity contribution is 0.101. The first-order valence-corrected chi connectivity index (χ1v) is 9.78. The van der Waals surface area contributed by atoms with Crippen LogP contribution in [0, 0.1) is 0 Å². The molecule has 140 valence electrons. The van der Waals surface area contributed by atoms with Crippen molar-refractivity contribution in [3.8, 4) is 11.5 Å². The second kappa shape index (κ2) is 7.01. The van der Waals surface area contributed by atoms with Gasteiger partial charge in [0.1, 0.15) is 18.9 Å². The number of rotatable bonds is 4. The third-order valence-electron chi connectivity index (χ3n) is 4.53. The highest BCUT2D eigenvalue weighted by Crippen LogP contribution is 2.37. The second-order valence-corrected chi connectivity index (χ2v) is 7.47. The summed E-state index contributed by atoms with van der Waals surface area (Å²) >= 11 is 1.42. The Labute approximate surface area is 165 Å². The first-order chi connectivity index (χ1) is 13.8. The normalized spacial score (nSPS) is 12.9. The Kier molecular flexibility index (Phi) is 4.21. The molecular formula is C21H17N3O3S. The number of carbonyl (C=O) groups excluding carboxylic acids is 1. The molecule has 0 radical (unpaired) electrons. The lowest BCUT2D eigenvalue weighted by Gasteiger charge is -2.17. The van der Waals surface area contributed by atoms with Gasteiger partial charge in [-0.05, 0) is 17.7 Å². The molecule has 2 aromatic carbocycles. The summed E-state index contributed by atoms with van der Waals surface area (Å²) in [5.74, 6) is 1.23. The third-order valence-corrected chi connectivity index (χ3v) is 5.46. The smallest absolute Gasteiger partial charge is 0.274 e. The molecule has 28 heavy (non-hydrogen) atoms. The molecule has 6 nitrogen and oxygen atoms in total. The van der Waals surface area contributed by atoms with E-state index in [0.717, 1.165) is 21.5 Å². The molecule has 7 heteroatoms. The van der Waals surface area contributed by atoms with Crippen molar-refractivity contribution in [2.75, 3.05) is 18.5 Å². The average molecular weight is 391 g/mol. The molecule has 0 saturated heterocycles. The van der Waals surface area contributed by atoms with Gasteiger partial charge in [0.2, 0.25) is 0 Å². The molecule has 0 unspecified atom stereocenters. The van der Waals surface area contributed by atoms with Gasteiger partial charge in [-0.2, -0.15) is 0 Å². The maximum absolute atomic E-state index is 12.8. The Hall–Kier alpha value is -3.32. The standard InChI is InChI=1S/C21H17N3O3S/c25-20(16-7-4-8-24(16)13-14-5-2-1-3-6-14)23-21-22-15-11-17-18(12-19(15)28-21)27-10-9-26-17/h1-8,11-12H,9-10,13H2,(H,22,23,25). The van der Waals surface area contributed by atoms with Gasteiger partial charge in [-0.15, -0.1) is 0 Å². The lowest BCUT2D eigenvalue weighted by atomic mass is 10.2. The predicted molar refractivity (Wildman–Crippen MR) is 109 cm³/mol. The van der Waals surface area contributed by atoms with Crippen LogP contribution in [-0.4, -0.2) is 28.7 Å². The summed E-state index contributed by atoms with van der Waals surface area (Å²) in [4.78, 5) is 17.3. The van der Waals surface area contributed by atoms with Crippen LogP contribution < -0.4 is 14.8 Å². The summed E-state index contributed by atoms with van der Waals surface area (Å²) in [6.45, 7) is 1.71. The van der Waals surface area contributed by atoms with E-state index in [1.807, 2.05) is 65.4 Å². The maximum Gasteiger partial charge on any atom is 0.274 e. The first-order valence-electron chi connectivity index (χ1n) is 8.97. The number of amides is 1. The SMILES string of the molecule is O=C(Nc1nc2cc3c(cc2s1)OCCO3)c1cccn1Cc1ccccc1. The predicted octanol–water partition coefficient (Wildman–Crippen LogP) is 4.17. The van der Waals surface area contributed by atoms with Gasteiger partial charge >= 0.3 is 0 Å². The molecule has 5 rings (SSSR count). The molecule has 2 aromatic heterocycles. The lowest BCUT2D eigenvalue weighted by Crippen LogP contribution is -2.17. The summed E-state index contributed by atoms with van der Waals surface area (Å²) in [5.41, 5.74) is 2.51. The molecule has 3 heterocycles. The average Bonchev–Trinajstić information content (AvgIpc) is 3.32. The monoisotopic (exact) mass is 391 g/mol. The van der Waals surface area contributed by atoms with Gasteiger partial charge in [-0.3, -0.25) is 10.1 Å². The number of aromatic nitrogens is 2. The number of ether oxygens (including phenoxy) is 2. The van der Waals surface area contributed by atoms with E-state index < -0.39 is 0 Å². The summed E-state index contributed by atoms with van der Waals surface area (Å²) in [5, 5.41) is 3.47. The number of hydrogen-bond acceptors (Lipinski definition) is 5. The van der Waals surface area contributed by atoms with Crippen molar-refractivity contribution < 1.29 is 14.3 Å². The summed E-state index contributed by atoms with van der Waals surface area (Å²) < 4.78 is 14.1. The molecule has 0 aliphatic carbocycles. The van der Waals surface area contributed by atoms with Gasteiger partial charge in [0.05, 0.1) is 10.2 Å². The van der Waals surface area contributed by atoms with Crippen molar-refractivity contribution in [1.29, 1.82) is 0 Å². The zero-order valence-electron chi connectivity index (χ0n) is 14.9. The van der Waals surface area contributed by atoms with Crippen molar-refractivity contribution in [2.45, 2.75) is 6.54 Å². The van der Waals surface area contributed by atoms with Crippen LogP contribution in [-0.2, 0) is 6.54 Å². The number of benzene rings is 2. The Balaban J connectivity index is 1.38. The molecule has 0 saturated carbocycles. The zero-order valence-corrected chi connectivity index (χ0v) is 15.7. The van der Waals surface area contributed by atoms with Crippen molar-refractivity contribution >= 4 is 32.6 Å². The molecular weight excluding hydrogens is 374 g/mol. The van der Waals surface area contributed by atoms with Crippen LogP contribution in [0.3, 0.4) is 0 Å². The minimum atomic E-state index is -0.183. The van der Waals surface area contributed by atoms with E-state index in [4.69, 9.17) is 9.47 Å². The molecule has 0 spiro atoms. The van der Waals surface area contributed by atoms with Gasteiger partial charge in [-0.25, -0.2) is 4.98 Å². The van der Waals surface area contributed by atoms with Crippen LogP contribution in [0.5, 0.6) is 11.5 Å². The van der Waals surface area contributed by atoms with E-state index in [1.54, 1.807) is 0 Å². The van der Waals surface area contributed by atoms with E-state index in [0.29, 0.717) is 36.3 Å². The number of hydrogen-bond donors (Lipinski definition) is 1. The number of nitrogens with one attached hydrogen (secondary N) is 1. The van der Waals surface area contributed by atoms with Crippen LogP contribution in [0.1, 0.15) is 16.1 Å². The molecule has 1 amide bonds. The quantitative estimate of drug-likeness (QED) is 0.567. The summed E-state index contributed by atoms with van der Waals surface area (Å²) in [6, 6.07) is 17.5. The van der Waals surface area contributed by atoms with Gasteiger partial charge in [0.15, 0.2) is 16.6 Å². The van der Waals surface area contributed by atoms with Crippen LogP contribution in [0.4, 0.5) is 5.13 Å². The van der Waals surface area contributed by atoms with E-state index in [2.05, 4.69) is 10.3 Å². The fourth-order valence-corrected chi connectivity index (χ4v) is 4.09. The maximum atomic E-state index is 12.8. The molecule has 0 fully saturated rings. The minimum absolute atomic E-state index is 0.183. The van der Waals surface area contributed by atoms with E-state index >= 15 is 0 Å². The molecule has 1 N–H and O–H groups in total. The van der Waals surface area contributed by atoms with Crippen LogP contribution in [0.25, 0.3) is 10.2 Å². The van der Waals surface area contributed by atoms with Crippen molar-refractivity contribution in [3.63, 3.8) is 0 Å². The fourth-order valence-electron chi connectivity index (χ4n) is 3.22. The van der Waals surface area contributed by atoms with Crippen molar-refractivity contribution in [2.24, 2.45) is 0 Å². The minimum Gasteiger partial charge on any atom is -0.486 e. The largest absolute Gasteiger partial charge is 0.486 e. The number of thiazole rings is 1. The van der Waals surface area contributed by atoms with Gasteiger partial charge in [0.25, 0.3) is 5.91 Å². The van der Waals surface area contributed by atoms with Crippen LogP contribution in [0.2, 0.25) is 0 Å². The Morgan fingerprint density at radius 2 is 1.86 bits per heavy atom. The third kappa shape index (κ3) is 3.20. The number of carbonyl (C=O) groups is 1. The molecule has 4 aromatic rings. The Bertz CT molecular complexity index is 1110. The van der Waals surface area contributed by atoms with Gasteiger partial charge in [-0.1, -0.05) is 41.7 Å². The topological polar surface area (TPSA) is 65.4 Å². The Morgan fingerprint density at radius 3 is 2.68 bits per heavy atom. The highest BCUT2D eigenvalue weighted by atomic mass is 32.1.